The van der Waals surface area contributed by atoms with Crippen LogP contribution in [0.15, 0.2) is 53.6 Å². The quantitative estimate of drug-likeness (QED) is 0.567. The summed E-state index contributed by atoms with van der Waals surface area (Å²) in [5.41, 5.74) is -1.91. The molecule has 2 heterocycles. The van der Waals surface area contributed by atoms with Crippen molar-refractivity contribution in [1.82, 2.24) is 9.38 Å². The maximum absolute atomic E-state index is 13.3. The minimum atomic E-state index is -4.61. The molecule has 0 N–H and O–H groups in total. The van der Waals surface area contributed by atoms with Gasteiger partial charge in [-0.3, -0.25) is 0 Å². The number of nitrogens with zero attached hydrogens (tertiary/aromatic N) is 3. The van der Waals surface area contributed by atoms with Gasteiger partial charge in [0.05, 0.1) is 16.2 Å². The highest BCUT2D eigenvalue weighted by atomic mass is 32.2. The molecule has 1 amide bonds. The number of pyridine rings is 1. The lowest BCUT2D eigenvalue weighted by Crippen LogP contribution is -2.41. The second-order valence-electron chi connectivity index (χ2n) is 7.73. The van der Waals surface area contributed by atoms with Crippen LogP contribution in [0.4, 0.5) is 23.8 Å². The van der Waals surface area contributed by atoms with Crippen molar-refractivity contribution in [3.63, 3.8) is 0 Å². The number of sulfonamides is 1. The van der Waals surface area contributed by atoms with Crippen LogP contribution in [0.25, 0.3) is 5.65 Å². The van der Waals surface area contributed by atoms with Crippen molar-refractivity contribution in [2.75, 3.05) is 4.31 Å². The molecule has 0 radical (unpaired) electrons. The third-order valence-electron chi connectivity index (χ3n) is 4.19. The van der Waals surface area contributed by atoms with Gasteiger partial charge in [-0.25, -0.2) is 18.2 Å². The highest BCUT2D eigenvalue weighted by Gasteiger charge is 2.38. The molecule has 0 spiro atoms. The van der Waals surface area contributed by atoms with Crippen LogP contribution < -0.4 is 4.31 Å². The van der Waals surface area contributed by atoms with E-state index >= 15 is 0 Å². The first kappa shape index (κ1) is 22.6. The van der Waals surface area contributed by atoms with Gasteiger partial charge in [0.1, 0.15) is 11.2 Å². The Bertz CT molecular complexity index is 1230. The van der Waals surface area contributed by atoms with E-state index in [1.165, 1.54) is 31.2 Å². The van der Waals surface area contributed by atoms with E-state index in [1.54, 1.807) is 26.8 Å². The van der Waals surface area contributed by atoms with Crippen LogP contribution in [0.3, 0.4) is 0 Å². The van der Waals surface area contributed by atoms with Crippen LogP contribution in [-0.4, -0.2) is 29.5 Å². The summed E-state index contributed by atoms with van der Waals surface area (Å²) in [7, 11) is -4.47. The highest BCUT2D eigenvalue weighted by Crippen LogP contribution is 2.33. The van der Waals surface area contributed by atoms with Gasteiger partial charge in [-0.2, -0.15) is 13.2 Å². The first-order chi connectivity index (χ1) is 14.2. The maximum atomic E-state index is 13.3. The van der Waals surface area contributed by atoms with Crippen LogP contribution in [0, 0.1) is 6.92 Å². The normalized spacial score (nSPS) is 12.7. The molecule has 11 heteroatoms. The predicted octanol–water partition coefficient (Wildman–Crippen LogP) is 4.79. The monoisotopic (exact) mass is 455 g/mol. The second kappa shape index (κ2) is 7.56. The fourth-order valence-electron chi connectivity index (χ4n) is 2.81. The fourth-order valence-corrected chi connectivity index (χ4v) is 4.16. The van der Waals surface area contributed by atoms with Crippen molar-refractivity contribution in [3.05, 3.63) is 59.9 Å². The first-order valence-corrected chi connectivity index (χ1v) is 10.5. The molecule has 0 saturated carbocycles. The molecular formula is C20H20F3N3O4S. The van der Waals surface area contributed by atoms with Crippen LogP contribution >= 0.6 is 0 Å². The number of imidazole rings is 1. The second-order valence-corrected chi connectivity index (χ2v) is 9.51. The zero-order valence-corrected chi connectivity index (χ0v) is 18.0. The number of halogens is 3. The van der Waals surface area contributed by atoms with E-state index in [-0.39, 0.29) is 22.1 Å². The molecular weight excluding hydrogens is 435 g/mol. The minimum Gasteiger partial charge on any atom is -0.443 e. The number of amides is 1. The largest absolute Gasteiger partial charge is 0.443 e. The molecule has 0 aliphatic rings. The average molecular weight is 455 g/mol. The lowest BCUT2D eigenvalue weighted by Gasteiger charge is -2.26. The van der Waals surface area contributed by atoms with Gasteiger partial charge in [0.25, 0.3) is 10.0 Å². The summed E-state index contributed by atoms with van der Waals surface area (Å²) in [6, 6.07) is 9.07. The summed E-state index contributed by atoms with van der Waals surface area (Å²) in [6.07, 6.45) is -5.03. The van der Waals surface area contributed by atoms with Gasteiger partial charge < -0.3 is 9.14 Å². The van der Waals surface area contributed by atoms with Crippen LogP contribution in [0.5, 0.6) is 0 Å². The summed E-state index contributed by atoms with van der Waals surface area (Å²) in [5.74, 6) is -0.350. The number of aryl methyl sites for hydroxylation is 1. The number of benzene rings is 1. The Balaban J connectivity index is 2.24. The van der Waals surface area contributed by atoms with E-state index in [4.69, 9.17) is 4.74 Å². The van der Waals surface area contributed by atoms with E-state index in [9.17, 15) is 26.4 Å². The van der Waals surface area contributed by atoms with E-state index < -0.39 is 33.5 Å². The van der Waals surface area contributed by atoms with Gasteiger partial charge >= 0.3 is 12.3 Å². The Morgan fingerprint density at radius 3 is 2.23 bits per heavy atom. The SMILES string of the molecule is Cc1c(N(C(=O)OC(C)(C)C)S(=O)(=O)c2ccccc2)nc2ccc(C(F)(F)F)cn12. The molecule has 0 saturated heterocycles. The van der Waals surface area contributed by atoms with Crippen molar-refractivity contribution < 1.29 is 31.1 Å². The van der Waals surface area contributed by atoms with Gasteiger partial charge in [-0.15, -0.1) is 4.31 Å². The molecule has 31 heavy (non-hydrogen) atoms. The maximum Gasteiger partial charge on any atom is 0.430 e. The van der Waals surface area contributed by atoms with Gasteiger partial charge in [-0.1, -0.05) is 18.2 Å². The number of hydrogen-bond acceptors (Lipinski definition) is 5. The molecule has 0 atom stereocenters. The number of ether oxygens (including phenoxy) is 1. The van der Waals surface area contributed by atoms with Gasteiger partial charge in [0.2, 0.25) is 0 Å². The molecule has 166 valence electrons. The molecule has 3 rings (SSSR count). The Labute approximate surface area is 177 Å². The molecule has 0 aliphatic carbocycles. The molecule has 0 fully saturated rings. The van der Waals surface area contributed by atoms with E-state index in [2.05, 4.69) is 4.98 Å². The number of fused-ring (bicyclic) bond motifs is 1. The molecule has 1 aromatic carbocycles. The molecule has 7 nitrogen and oxygen atoms in total. The standard InChI is InChI=1S/C20H20F3N3O4S/c1-13-17(24-16-11-10-14(12-25(13)16)20(21,22)23)26(18(27)30-19(2,3)4)31(28,29)15-8-6-5-7-9-15/h5-12H,1-4H3. The van der Waals surface area contributed by atoms with Crippen LogP contribution in [0.1, 0.15) is 32.0 Å². The summed E-state index contributed by atoms with van der Waals surface area (Å²) in [5, 5.41) is 0. The Kier molecular flexibility index (Phi) is 5.51. The predicted molar refractivity (Wildman–Crippen MR) is 107 cm³/mol. The Morgan fingerprint density at radius 2 is 1.68 bits per heavy atom. The molecule has 0 unspecified atom stereocenters. The lowest BCUT2D eigenvalue weighted by atomic mass is 10.2. The van der Waals surface area contributed by atoms with E-state index in [0.29, 0.717) is 4.31 Å². The Morgan fingerprint density at radius 1 is 1.06 bits per heavy atom. The zero-order chi connectivity index (χ0) is 23.2. The molecule has 3 aromatic rings. The summed E-state index contributed by atoms with van der Waals surface area (Å²) in [6.45, 7) is 6.05. The van der Waals surface area contributed by atoms with Gasteiger partial charge in [-0.05, 0) is 52.0 Å². The average Bonchev–Trinajstić information content (AvgIpc) is 2.96. The molecule has 0 bridgehead atoms. The fraction of sp³-hybridized carbons (Fsp3) is 0.300. The van der Waals surface area contributed by atoms with E-state index in [1.807, 2.05) is 0 Å². The number of carbonyl (C=O) groups excluding carboxylic acids is 1. The minimum absolute atomic E-state index is 0.0199. The summed E-state index contributed by atoms with van der Waals surface area (Å²) < 4.78 is 72.7. The number of hydrogen-bond donors (Lipinski definition) is 0. The lowest BCUT2D eigenvalue weighted by molar-refractivity contribution is -0.137. The van der Waals surface area contributed by atoms with Gasteiger partial charge in [0, 0.05) is 6.20 Å². The van der Waals surface area contributed by atoms with Crippen LogP contribution in [-0.2, 0) is 20.9 Å². The third kappa shape index (κ3) is 4.50. The summed E-state index contributed by atoms with van der Waals surface area (Å²) >= 11 is 0. The number of aromatic nitrogens is 2. The molecule has 0 aliphatic heterocycles. The first-order valence-electron chi connectivity index (χ1n) is 9.11. The van der Waals surface area contributed by atoms with Crippen molar-refractivity contribution in [1.29, 1.82) is 0 Å². The van der Waals surface area contributed by atoms with Crippen molar-refractivity contribution in [2.24, 2.45) is 0 Å². The van der Waals surface area contributed by atoms with Crippen molar-refractivity contribution in [2.45, 2.75) is 44.4 Å². The third-order valence-corrected chi connectivity index (χ3v) is 5.86. The zero-order valence-electron chi connectivity index (χ0n) is 17.1. The van der Waals surface area contributed by atoms with Gasteiger partial charge in [0.15, 0.2) is 5.82 Å². The topological polar surface area (TPSA) is 81.0 Å². The summed E-state index contributed by atoms with van der Waals surface area (Å²) in [4.78, 5) is 16.8. The number of rotatable bonds is 3. The van der Waals surface area contributed by atoms with Crippen LogP contribution in [0.2, 0.25) is 0 Å². The van der Waals surface area contributed by atoms with E-state index in [0.717, 1.165) is 22.7 Å². The van der Waals surface area contributed by atoms with Crippen molar-refractivity contribution >= 4 is 27.6 Å². The Hall–Kier alpha value is -3.08. The number of alkyl halides is 3. The van der Waals surface area contributed by atoms with Crippen molar-refractivity contribution in [3.8, 4) is 0 Å². The smallest absolute Gasteiger partial charge is 0.430 e. The number of carbonyl (C=O) groups is 1. The number of anilines is 1. The highest BCUT2D eigenvalue weighted by molar-refractivity contribution is 7.93. The molecule has 2 aromatic heterocycles.